The summed E-state index contributed by atoms with van der Waals surface area (Å²) in [5.41, 5.74) is 4.04. The molecule has 0 spiro atoms. The summed E-state index contributed by atoms with van der Waals surface area (Å²) in [5, 5.41) is 18.9. The first-order valence-electron chi connectivity index (χ1n) is 9.70. The van der Waals surface area contributed by atoms with Gasteiger partial charge < -0.3 is 4.98 Å². The Kier molecular flexibility index (Phi) is 5.14. The van der Waals surface area contributed by atoms with E-state index >= 15 is 0 Å². The molecule has 0 saturated heterocycles. The van der Waals surface area contributed by atoms with Gasteiger partial charge in [-0.1, -0.05) is 30.3 Å². The van der Waals surface area contributed by atoms with Crippen LogP contribution in [0.5, 0.6) is 0 Å². The van der Waals surface area contributed by atoms with E-state index in [4.69, 9.17) is 5.10 Å². The van der Waals surface area contributed by atoms with Crippen LogP contribution in [0, 0.1) is 10.1 Å². The fourth-order valence-corrected chi connectivity index (χ4v) is 4.17. The molecular weight excluding hydrogens is 424 g/mol. The predicted octanol–water partition coefficient (Wildman–Crippen LogP) is 5.12. The molecule has 9 heteroatoms. The largest absolute Gasteiger partial charge is 0.361 e. The maximum atomic E-state index is 11.3. The van der Waals surface area contributed by atoms with Crippen LogP contribution >= 0.6 is 11.3 Å². The van der Waals surface area contributed by atoms with Gasteiger partial charge in [-0.3, -0.25) is 15.1 Å². The smallest absolute Gasteiger partial charge is 0.270 e. The van der Waals surface area contributed by atoms with Gasteiger partial charge in [-0.05, 0) is 18.2 Å². The molecule has 156 valence electrons. The van der Waals surface area contributed by atoms with E-state index in [0.717, 1.165) is 16.5 Å². The number of nitro groups is 1. The van der Waals surface area contributed by atoms with E-state index in [0.29, 0.717) is 21.7 Å². The maximum absolute atomic E-state index is 11.3. The first-order valence-corrected chi connectivity index (χ1v) is 10.6. The molecule has 5 aromatic rings. The van der Waals surface area contributed by atoms with Gasteiger partial charge in [-0.2, -0.15) is 5.10 Å². The number of aromatic amines is 1. The molecule has 0 fully saturated rings. The number of nitro benzene ring substituents is 1. The van der Waals surface area contributed by atoms with Gasteiger partial charge in [-0.15, -0.1) is 11.3 Å². The molecular formula is C23H16N6O2S. The average molecular weight is 440 g/mol. The van der Waals surface area contributed by atoms with Crippen molar-refractivity contribution in [3.8, 4) is 11.3 Å². The minimum atomic E-state index is -0.406. The molecule has 32 heavy (non-hydrogen) atoms. The molecule has 0 amide bonds. The highest BCUT2D eigenvalue weighted by Crippen LogP contribution is 2.25. The Balaban J connectivity index is 1.66. The summed E-state index contributed by atoms with van der Waals surface area (Å²) >= 11 is 1.40. The highest BCUT2D eigenvalue weighted by molar-refractivity contribution is 7.07. The van der Waals surface area contributed by atoms with E-state index in [2.05, 4.69) is 15.0 Å². The normalized spacial score (nSPS) is 12.1. The van der Waals surface area contributed by atoms with Crippen molar-refractivity contribution in [3.05, 3.63) is 105 Å². The Morgan fingerprint density at radius 1 is 1.12 bits per heavy atom. The molecule has 0 bridgehead atoms. The van der Waals surface area contributed by atoms with Crippen molar-refractivity contribution < 1.29 is 4.92 Å². The zero-order valence-corrected chi connectivity index (χ0v) is 17.4. The molecule has 2 aromatic carbocycles. The van der Waals surface area contributed by atoms with Crippen molar-refractivity contribution >= 4 is 39.8 Å². The third kappa shape index (κ3) is 3.84. The molecule has 0 aliphatic heterocycles. The lowest BCUT2D eigenvalue weighted by atomic mass is 10.1. The van der Waals surface area contributed by atoms with E-state index in [-0.39, 0.29) is 5.69 Å². The topological polar surface area (TPSA) is 101 Å². The lowest BCUT2D eigenvalue weighted by molar-refractivity contribution is -0.384. The molecule has 0 unspecified atom stereocenters. The van der Waals surface area contributed by atoms with Gasteiger partial charge in [0.05, 0.1) is 28.7 Å². The van der Waals surface area contributed by atoms with E-state index < -0.39 is 4.92 Å². The van der Waals surface area contributed by atoms with Crippen LogP contribution in [-0.4, -0.2) is 25.8 Å². The number of nitrogens with zero attached hydrogens (tertiary/aromatic N) is 5. The van der Waals surface area contributed by atoms with Gasteiger partial charge in [-0.25, -0.2) is 9.67 Å². The first-order chi connectivity index (χ1) is 15.7. The molecule has 0 atom stereocenters. The monoisotopic (exact) mass is 440 g/mol. The summed E-state index contributed by atoms with van der Waals surface area (Å²) < 4.78 is 1.69. The first kappa shape index (κ1) is 19.6. The van der Waals surface area contributed by atoms with Crippen molar-refractivity contribution in [2.24, 2.45) is 10.1 Å². The molecule has 3 heterocycles. The summed E-state index contributed by atoms with van der Waals surface area (Å²) in [7, 11) is 0. The van der Waals surface area contributed by atoms with Crippen molar-refractivity contribution in [2.75, 3.05) is 0 Å². The SMILES string of the molecule is O=[N+]([O-])c1cccc(-c2csc(=Nc3cccnc3)n2N=Cc2c[nH]c3ccccc23)c1. The second-order valence-corrected chi connectivity index (χ2v) is 7.72. The predicted molar refractivity (Wildman–Crippen MR) is 125 cm³/mol. The van der Waals surface area contributed by atoms with Crippen LogP contribution in [0.1, 0.15) is 5.56 Å². The average Bonchev–Trinajstić information content (AvgIpc) is 3.42. The third-order valence-corrected chi connectivity index (χ3v) is 5.66. The summed E-state index contributed by atoms with van der Waals surface area (Å²) in [6.07, 6.45) is 7.01. The minimum absolute atomic E-state index is 0.0200. The highest BCUT2D eigenvalue weighted by atomic mass is 32.1. The van der Waals surface area contributed by atoms with Gasteiger partial charge >= 0.3 is 0 Å². The van der Waals surface area contributed by atoms with Crippen LogP contribution in [0.4, 0.5) is 11.4 Å². The van der Waals surface area contributed by atoms with Crippen molar-refractivity contribution in [2.45, 2.75) is 0 Å². The number of pyridine rings is 1. The lowest BCUT2D eigenvalue weighted by Crippen LogP contribution is -2.11. The minimum Gasteiger partial charge on any atom is -0.361 e. The van der Waals surface area contributed by atoms with Crippen molar-refractivity contribution in [1.29, 1.82) is 0 Å². The number of nitrogens with one attached hydrogen (secondary N) is 1. The maximum Gasteiger partial charge on any atom is 0.270 e. The van der Waals surface area contributed by atoms with Gasteiger partial charge in [0, 0.05) is 51.9 Å². The summed E-state index contributed by atoms with van der Waals surface area (Å²) in [6.45, 7) is 0. The second kappa shape index (κ2) is 8.40. The Morgan fingerprint density at radius 3 is 2.88 bits per heavy atom. The van der Waals surface area contributed by atoms with E-state index in [1.54, 1.807) is 29.4 Å². The number of hydrogen-bond donors (Lipinski definition) is 1. The van der Waals surface area contributed by atoms with Crippen LogP contribution in [0.3, 0.4) is 0 Å². The van der Waals surface area contributed by atoms with Crippen LogP contribution in [0.2, 0.25) is 0 Å². The molecule has 1 N–H and O–H groups in total. The highest BCUT2D eigenvalue weighted by Gasteiger charge is 2.12. The molecule has 5 rings (SSSR count). The Morgan fingerprint density at radius 2 is 2.03 bits per heavy atom. The number of benzene rings is 2. The number of fused-ring (bicyclic) bond motifs is 1. The van der Waals surface area contributed by atoms with Crippen LogP contribution < -0.4 is 4.80 Å². The molecule has 0 radical (unpaired) electrons. The van der Waals surface area contributed by atoms with Crippen LogP contribution in [-0.2, 0) is 0 Å². The number of non-ortho nitro benzene ring substituents is 1. The van der Waals surface area contributed by atoms with Crippen molar-refractivity contribution in [1.82, 2.24) is 14.6 Å². The van der Waals surface area contributed by atoms with Gasteiger partial charge in [0.2, 0.25) is 4.80 Å². The van der Waals surface area contributed by atoms with E-state index in [9.17, 15) is 10.1 Å². The summed E-state index contributed by atoms with van der Waals surface area (Å²) in [5.74, 6) is 0. The molecule has 8 nitrogen and oxygen atoms in total. The number of hydrogen-bond acceptors (Lipinski definition) is 6. The summed E-state index contributed by atoms with van der Waals surface area (Å²) in [6, 6.07) is 18.1. The fraction of sp³-hybridized carbons (Fsp3) is 0. The number of aromatic nitrogens is 3. The number of thiazole rings is 1. The van der Waals surface area contributed by atoms with Gasteiger partial charge in [0.15, 0.2) is 0 Å². The van der Waals surface area contributed by atoms with E-state index in [1.807, 2.05) is 54.0 Å². The fourth-order valence-electron chi connectivity index (χ4n) is 3.32. The van der Waals surface area contributed by atoms with Crippen LogP contribution in [0.15, 0.2) is 94.7 Å². The number of rotatable bonds is 5. The molecule has 0 saturated carbocycles. The van der Waals surface area contributed by atoms with Crippen LogP contribution in [0.25, 0.3) is 22.2 Å². The van der Waals surface area contributed by atoms with E-state index in [1.165, 1.54) is 23.5 Å². The zero-order chi connectivity index (χ0) is 21.9. The van der Waals surface area contributed by atoms with Crippen molar-refractivity contribution in [3.63, 3.8) is 0 Å². The third-order valence-electron chi connectivity index (χ3n) is 4.84. The van der Waals surface area contributed by atoms with Gasteiger partial charge in [0.1, 0.15) is 0 Å². The standard InChI is InChI=1S/C23H16N6O2S/c30-29(31)19-7-3-5-16(11-19)22-15-32-23(27-18-6-4-10-24-14-18)28(22)26-13-17-12-25-21-9-2-1-8-20(17)21/h1-15,25H. The number of para-hydroxylation sites is 1. The lowest BCUT2D eigenvalue weighted by Gasteiger charge is -2.03. The Hall–Kier alpha value is -4.37. The molecule has 0 aliphatic rings. The second-order valence-electron chi connectivity index (χ2n) is 6.88. The molecule has 0 aliphatic carbocycles. The number of H-pyrrole nitrogens is 1. The summed E-state index contributed by atoms with van der Waals surface area (Å²) in [4.78, 5) is 23.5. The molecule has 3 aromatic heterocycles. The zero-order valence-electron chi connectivity index (χ0n) is 16.6. The Bertz CT molecular complexity index is 1510. The van der Waals surface area contributed by atoms with Gasteiger partial charge in [0.25, 0.3) is 5.69 Å². The quantitative estimate of drug-likeness (QED) is 0.233. The Labute approximate surface area is 186 Å².